The number of hydrogen-bond donors (Lipinski definition) is 1. The summed E-state index contributed by atoms with van der Waals surface area (Å²) in [4.78, 5) is 8.79. The normalized spacial score (nSPS) is 11.2. The van der Waals surface area contributed by atoms with Crippen molar-refractivity contribution in [2.45, 2.75) is 0 Å². The van der Waals surface area contributed by atoms with Gasteiger partial charge in [0.25, 0.3) is 0 Å². The monoisotopic (exact) mass is 248 g/mol. The minimum Gasteiger partial charge on any atom is -0.508 e. The first-order valence-corrected chi connectivity index (χ1v) is 6.00. The highest BCUT2D eigenvalue weighted by Gasteiger charge is 1.98. The Labute approximate surface area is 110 Å². The minimum atomic E-state index is 0.256. The van der Waals surface area contributed by atoms with Crippen LogP contribution in [0, 0.1) is 0 Å². The van der Waals surface area contributed by atoms with Crippen LogP contribution in [0.2, 0.25) is 0 Å². The van der Waals surface area contributed by atoms with Crippen LogP contribution in [0.4, 0.5) is 5.69 Å². The Balaban J connectivity index is 1.99. The maximum Gasteiger partial charge on any atom is 0.115 e. The van der Waals surface area contributed by atoms with E-state index in [1.807, 2.05) is 42.5 Å². The summed E-state index contributed by atoms with van der Waals surface area (Å²) in [5, 5.41) is 10.3. The summed E-state index contributed by atoms with van der Waals surface area (Å²) in [6.07, 6.45) is 3.55. The zero-order valence-corrected chi connectivity index (χ0v) is 10.2. The molecule has 0 fully saturated rings. The highest BCUT2D eigenvalue weighted by molar-refractivity contribution is 5.93. The van der Waals surface area contributed by atoms with E-state index in [9.17, 15) is 5.11 Å². The molecule has 0 aliphatic rings. The van der Waals surface area contributed by atoms with E-state index in [-0.39, 0.29) is 5.75 Å². The van der Waals surface area contributed by atoms with Crippen molar-refractivity contribution in [1.82, 2.24) is 4.98 Å². The van der Waals surface area contributed by atoms with Crippen molar-refractivity contribution in [2.75, 3.05) is 0 Å². The molecule has 3 rings (SSSR count). The number of aromatic hydroxyl groups is 1. The number of phenols is 1. The number of aromatic nitrogens is 1. The van der Waals surface area contributed by atoms with Gasteiger partial charge in [-0.05, 0) is 54.1 Å². The van der Waals surface area contributed by atoms with Crippen molar-refractivity contribution >= 4 is 22.8 Å². The molecule has 0 bridgehead atoms. The van der Waals surface area contributed by atoms with E-state index in [1.165, 1.54) is 0 Å². The maximum atomic E-state index is 9.23. The van der Waals surface area contributed by atoms with Crippen LogP contribution in [0.5, 0.6) is 5.75 Å². The maximum absolute atomic E-state index is 9.23. The number of phenolic OH excluding ortho intramolecular Hbond substituents is 1. The average Bonchev–Trinajstić information content (AvgIpc) is 2.47. The number of benzene rings is 2. The van der Waals surface area contributed by atoms with Crippen LogP contribution in [0.3, 0.4) is 0 Å². The molecule has 3 heteroatoms. The van der Waals surface area contributed by atoms with Crippen molar-refractivity contribution in [1.29, 1.82) is 0 Å². The summed E-state index contributed by atoms with van der Waals surface area (Å²) in [5.41, 5.74) is 2.76. The van der Waals surface area contributed by atoms with Gasteiger partial charge in [-0.2, -0.15) is 0 Å². The molecule has 0 unspecified atom stereocenters. The highest BCUT2D eigenvalue weighted by Crippen LogP contribution is 2.24. The molecular weight excluding hydrogens is 236 g/mol. The molecule has 0 saturated heterocycles. The van der Waals surface area contributed by atoms with Gasteiger partial charge in [-0.1, -0.05) is 6.07 Å². The fraction of sp³-hybridized carbons (Fsp3) is 0. The number of pyridine rings is 1. The number of nitrogens with zero attached hydrogens (tertiary/aromatic N) is 2. The fourth-order valence-corrected chi connectivity index (χ4v) is 1.90. The summed E-state index contributed by atoms with van der Waals surface area (Å²) in [5.74, 6) is 0.256. The molecule has 0 amide bonds. The molecule has 0 aliphatic heterocycles. The molecule has 1 aromatic heterocycles. The zero-order chi connectivity index (χ0) is 13.1. The first-order valence-electron chi connectivity index (χ1n) is 6.00. The zero-order valence-electron chi connectivity index (χ0n) is 10.2. The first kappa shape index (κ1) is 11.4. The molecule has 2 aromatic carbocycles. The molecule has 0 saturated carbocycles. The fourth-order valence-electron chi connectivity index (χ4n) is 1.90. The van der Waals surface area contributed by atoms with Crippen LogP contribution >= 0.6 is 0 Å². The lowest BCUT2D eigenvalue weighted by atomic mass is 10.2. The van der Waals surface area contributed by atoms with Crippen LogP contribution in [0.1, 0.15) is 5.56 Å². The van der Waals surface area contributed by atoms with Crippen molar-refractivity contribution in [3.63, 3.8) is 0 Å². The van der Waals surface area contributed by atoms with Crippen LogP contribution in [0.15, 0.2) is 65.8 Å². The van der Waals surface area contributed by atoms with E-state index >= 15 is 0 Å². The van der Waals surface area contributed by atoms with Gasteiger partial charge in [0.05, 0.1) is 11.2 Å². The van der Waals surface area contributed by atoms with Gasteiger partial charge < -0.3 is 5.11 Å². The van der Waals surface area contributed by atoms with Gasteiger partial charge >= 0.3 is 0 Å². The Kier molecular flexibility index (Phi) is 2.94. The molecule has 3 nitrogen and oxygen atoms in total. The van der Waals surface area contributed by atoms with E-state index in [0.717, 1.165) is 22.2 Å². The SMILES string of the molecule is Oc1ccc(C=Nc2cccc3ncccc23)cc1. The van der Waals surface area contributed by atoms with Gasteiger partial charge in [0.2, 0.25) is 0 Å². The molecule has 0 aliphatic carbocycles. The molecule has 92 valence electrons. The predicted octanol–water partition coefficient (Wildman–Crippen LogP) is 3.69. The molecule has 1 heterocycles. The summed E-state index contributed by atoms with van der Waals surface area (Å²) in [7, 11) is 0. The lowest BCUT2D eigenvalue weighted by molar-refractivity contribution is 0.475. The van der Waals surface area contributed by atoms with Crippen molar-refractivity contribution in [2.24, 2.45) is 4.99 Å². The molecule has 0 spiro atoms. The Morgan fingerprint density at radius 1 is 0.947 bits per heavy atom. The Bertz CT molecular complexity index is 728. The quantitative estimate of drug-likeness (QED) is 0.703. The van der Waals surface area contributed by atoms with E-state index in [0.29, 0.717) is 0 Å². The topological polar surface area (TPSA) is 45.5 Å². The lowest BCUT2D eigenvalue weighted by Gasteiger charge is -2.00. The van der Waals surface area contributed by atoms with Crippen LogP contribution < -0.4 is 0 Å². The smallest absolute Gasteiger partial charge is 0.115 e. The van der Waals surface area contributed by atoms with Crippen LogP contribution in [-0.2, 0) is 0 Å². The molecule has 3 aromatic rings. The van der Waals surface area contributed by atoms with Crippen LogP contribution in [-0.4, -0.2) is 16.3 Å². The van der Waals surface area contributed by atoms with E-state index in [2.05, 4.69) is 9.98 Å². The van der Waals surface area contributed by atoms with Crippen molar-refractivity contribution < 1.29 is 5.11 Å². The Hall–Kier alpha value is -2.68. The highest BCUT2D eigenvalue weighted by atomic mass is 16.3. The number of rotatable bonds is 2. The summed E-state index contributed by atoms with van der Waals surface area (Å²) in [6.45, 7) is 0. The Morgan fingerprint density at radius 2 is 1.79 bits per heavy atom. The third-order valence-electron chi connectivity index (χ3n) is 2.87. The average molecular weight is 248 g/mol. The van der Waals surface area contributed by atoms with Gasteiger partial charge in [-0.25, -0.2) is 0 Å². The standard InChI is InChI=1S/C16H12N2O/c19-13-8-6-12(7-9-13)11-18-16-5-1-4-15-14(16)3-2-10-17-15/h1-11,19H. The molecule has 19 heavy (non-hydrogen) atoms. The molecule has 0 atom stereocenters. The second-order valence-corrected chi connectivity index (χ2v) is 4.20. The van der Waals surface area contributed by atoms with Gasteiger partial charge in [-0.3, -0.25) is 9.98 Å². The molecular formula is C16H12N2O. The van der Waals surface area contributed by atoms with Crippen LogP contribution in [0.25, 0.3) is 10.9 Å². The van der Waals surface area contributed by atoms with E-state index < -0.39 is 0 Å². The third-order valence-corrected chi connectivity index (χ3v) is 2.87. The number of aliphatic imine (C=N–C) groups is 1. The lowest BCUT2D eigenvalue weighted by Crippen LogP contribution is -1.81. The summed E-state index contributed by atoms with van der Waals surface area (Å²) < 4.78 is 0. The summed E-state index contributed by atoms with van der Waals surface area (Å²) in [6, 6.07) is 16.7. The number of hydrogen-bond acceptors (Lipinski definition) is 3. The molecule has 1 N–H and O–H groups in total. The van der Waals surface area contributed by atoms with Gasteiger partial charge in [-0.15, -0.1) is 0 Å². The number of fused-ring (bicyclic) bond motifs is 1. The Morgan fingerprint density at radius 3 is 2.63 bits per heavy atom. The first-order chi connectivity index (χ1) is 9.33. The van der Waals surface area contributed by atoms with Gasteiger partial charge in [0.1, 0.15) is 5.75 Å². The minimum absolute atomic E-state index is 0.256. The second-order valence-electron chi connectivity index (χ2n) is 4.20. The van der Waals surface area contributed by atoms with E-state index in [1.54, 1.807) is 24.5 Å². The van der Waals surface area contributed by atoms with E-state index in [4.69, 9.17) is 0 Å². The van der Waals surface area contributed by atoms with Gasteiger partial charge in [0, 0.05) is 17.8 Å². The molecule has 0 radical (unpaired) electrons. The predicted molar refractivity (Wildman–Crippen MR) is 77.1 cm³/mol. The van der Waals surface area contributed by atoms with Crippen molar-refractivity contribution in [3.05, 3.63) is 66.4 Å². The van der Waals surface area contributed by atoms with Gasteiger partial charge in [0.15, 0.2) is 0 Å². The largest absolute Gasteiger partial charge is 0.508 e. The second kappa shape index (κ2) is 4.90. The van der Waals surface area contributed by atoms with Crippen molar-refractivity contribution in [3.8, 4) is 5.75 Å². The third kappa shape index (κ3) is 2.45. The summed E-state index contributed by atoms with van der Waals surface area (Å²) >= 11 is 0.